The molecule has 1 aromatic carbocycles. The fraction of sp³-hybridized carbons (Fsp3) is 0.684. The molecule has 21 heavy (non-hydrogen) atoms. The molecule has 1 saturated heterocycles. The van der Waals surface area contributed by atoms with E-state index in [0.717, 1.165) is 0 Å². The zero-order chi connectivity index (χ0) is 15.2. The van der Waals surface area contributed by atoms with Gasteiger partial charge in [0.25, 0.3) is 0 Å². The molecule has 0 aromatic heterocycles. The molecule has 1 fully saturated rings. The SMILES string of the molecule is CC(C)CN(CC1CCCN1)C(c1ccccc1)C(C)C. The predicted octanol–water partition coefficient (Wildman–Crippen LogP) is 4.09. The Morgan fingerprint density at radius 3 is 2.38 bits per heavy atom. The number of hydrogen-bond donors (Lipinski definition) is 1. The lowest BCUT2D eigenvalue weighted by Crippen LogP contribution is -2.43. The molecule has 1 N–H and O–H groups in total. The molecule has 0 saturated carbocycles. The molecule has 2 nitrogen and oxygen atoms in total. The van der Waals surface area contributed by atoms with E-state index in [1.54, 1.807) is 0 Å². The first-order valence-electron chi connectivity index (χ1n) is 8.60. The molecule has 0 amide bonds. The molecule has 1 aliphatic rings. The second-order valence-corrected chi connectivity index (χ2v) is 7.24. The fourth-order valence-corrected chi connectivity index (χ4v) is 3.63. The molecular formula is C19H32N2. The summed E-state index contributed by atoms with van der Waals surface area (Å²) in [5.41, 5.74) is 1.46. The van der Waals surface area contributed by atoms with Gasteiger partial charge in [-0.05, 0) is 36.8 Å². The normalized spacial score (nSPS) is 20.6. The van der Waals surface area contributed by atoms with Gasteiger partial charge in [-0.25, -0.2) is 0 Å². The maximum absolute atomic E-state index is 3.66. The molecule has 1 aromatic rings. The standard InChI is InChI=1S/C19H32N2/c1-15(2)13-21(14-18-11-8-12-20-18)19(16(3)4)17-9-6-5-7-10-17/h5-7,9-10,15-16,18-20H,8,11-14H2,1-4H3. The number of rotatable bonds is 7. The van der Waals surface area contributed by atoms with Gasteiger partial charge >= 0.3 is 0 Å². The molecular weight excluding hydrogens is 256 g/mol. The van der Waals surface area contributed by atoms with E-state index >= 15 is 0 Å². The fourth-order valence-electron chi connectivity index (χ4n) is 3.63. The van der Waals surface area contributed by atoms with Crippen LogP contribution in [0.4, 0.5) is 0 Å². The van der Waals surface area contributed by atoms with E-state index in [4.69, 9.17) is 0 Å². The van der Waals surface area contributed by atoms with E-state index in [1.807, 2.05) is 0 Å². The van der Waals surface area contributed by atoms with E-state index in [-0.39, 0.29) is 0 Å². The lowest BCUT2D eigenvalue weighted by atomic mass is 9.93. The predicted molar refractivity (Wildman–Crippen MR) is 91.5 cm³/mol. The van der Waals surface area contributed by atoms with E-state index in [1.165, 1.54) is 38.0 Å². The van der Waals surface area contributed by atoms with Crippen molar-refractivity contribution in [3.8, 4) is 0 Å². The third-order valence-electron chi connectivity index (χ3n) is 4.38. The van der Waals surface area contributed by atoms with Gasteiger partial charge in [0.2, 0.25) is 0 Å². The Balaban J connectivity index is 2.17. The van der Waals surface area contributed by atoms with Gasteiger partial charge in [0.05, 0.1) is 0 Å². The topological polar surface area (TPSA) is 15.3 Å². The van der Waals surface area contributed by atoms with Crippen molar-refractivity contribution in [1.82, 2.24) is 10.2 Å². The van der Waals surface area contributed by atoms with Crippen LogP contribution in [0.1, 0.15) is 52.1 Å². The molecule has 0 radical (unpaired) electrons. The van der Waals surface area contributed by atoms with Crippen LogP contribution in [-0.4, -0.2) is 30.6 Å². The van der Waals surface area contributed by atoms with E-state index in [0.29, 0.717) is 23.9 Å². The smallest absolute Gasteiger partial charge is 0.0371 e. The van der Waals surface area contributed by atoms with E-state index in [2.05, 4.69) is 68.2 Å². The molecule has 118 valence electrons. The van der Waals surface area contributed by atoms with Crippen LogP contribution in [0.3, 0.4) is 0 Å². The molecule has 0 bridgehead atoms. The van der Waals surface area contributed by atoms with E-state index in [9.17, 15) is 0 Å². The second-order valence-electron chi connectivity index (χ2n) is 7.24. The zero-order valence-corrected chi connectivity index (χ0v) is 14.2. The highest BCUT2D eigenvalue weighted by Crippen LogP contribution is 2.30. The van der Waals surface area contributed by atoms with Gasteiger partial charge in [0, 0.05) is 25.2 Å². The maximum Gasteiger partial charge on any atom is 0.0371 e. The summed E-state index contributed by atoms with van der Waals surface area (Å²) in [7, 11) is 0. The first-order chi connectivity index (χ1) is 10.1. The zero-order valence-electron chi connectivity index (χ0n) is 14.2. The van der Waals surface area contributed by atoms with Crippen molar-refractivity contribution in [1.29, 1.82) is 0 Å². The summed E-state index contributed by atoms with van der Waals surface area (Å²) in [5.74, 6) is 1.34. The molecule has 1 heterocycles. The maximum atomic E-state index is 3.66. The Morgan fingerprint density at radius 2 is 1.86 bits per heavy atom. The lowest BCUT2D eigenvalue weighted by molar-refractivity contribution is 0.126. The summed E-state index contributed by atoms with van der Waals surface area (Å²) in [5, 5.41) is 3.66. The minimum atomic E-state index is 0.524. The van der Waals surface area contributed by atoms with Gasteiger partial charge in [-0.2, -0.15) is 0 Å². The molecule has 2 rings (SSSR count). The summed E-state index contributed by atoms with van der Waals surface area (Å²) in [6, 6.07) is 12.2. The van der Waals surface area contributed by atoms with Gasteiger partial charge in [-0.1, -0.05) is 58.0 Å². The molecule has 2 heteroatoms. The van der Waals surface area contributed by atoms with Crippen molar-refractivity contribution in [3.63, 3.8) is 0 Å². The summed E-state index contributed by atoms with van der Waals surface area (Å²) in [4.78, 5) is 2.72. The first-order valence-corrected chi connectivity index (χ1v) is 8.60. The van der Waals surface area contributed by atoms with Gasteiger partial charge in [0.15, 0.2) is 0 Å². The summed E-state index contributed by atoms with van der Waals surface area (Å²) >= 11 is 0. The number of nitrogens with one attached hydrogen (secondary N) is 1. The molecule has 0 spiro atoms. The average Bonchev–Trinajstić information content (AvgIpc) is 2.92. The van der Waals surface area contributed by atoms with Gasteiger partial charge < -0.3 is 5.32 Å². The third-order valence-corrected chi connectivity index (χ3v) is 4.38. The van der Waals surface area contributed by atoms with E-state index < -0.39 is 0 Å². The van der Waals surface area contributed by atoms with Crippen LogP contribution < -0.4 is 5.32 Å². The van der Waals surface area contributed by atoms with Crippen LogP contribution in [0.25, 0.3) is 0 Å². The van der Waals surface area contributed by atoms with Gasteiger partial charge in [-0.15, -0.1) is 0 Å². The highest BCUT2D eigenvalue weighted by atomic mass is 15.2. The molecule has 0 aliphatic carbocycles. The Morgan fingerprint density at radius 1 is 1.14 bits per heavy atom. The van der Waals surface area contributed by atoms with Crippen molar-refractivity contribution in [2.75, 3.05) is 19.6 Å². The van der Waals surface area contributed by atoms with Crippen LogP contribution in [0.15, 0.2) is 30.3 Å². The van der Waals surface area contributed by atoms with Crippen LogP contribution in [0, 0.1) is 11.8 Å². The highest BCUT2D eigenvalue weighted by Gasteiger charge is 2.27. The van der Waals surface area contributed by atoms with Gasteiger partial charge in [-0.3, -0.25) is 4.90 Å². The van der Waals surface area contributed by atoms with Crippen LogP contribution in [0.5, 0.6) is 0 Å². The average molecular weight is 288 g/mol. The van der Waals surface area contributed by atoms with Crippen molar-refractivity contribution in [2.45, 2.75) is 52.6 Å². The number of benzene rings is 1. The summed E-state index contributed by atoms with van der Waals surface area (Å²) < 4.78 is 0. The Labute approximate surface area is 130 Å². The summed E-state index contributed by atoms with van der Waals surface area (Å²) in [6.45, 7) is 12.9. The Bertz CT molecular complexity index is 393. The van der Waals surface area contributed by atoms with Crippen LogP contribution >= 0.6 is 0 Å². The largest absolute Gasteiger partial charge is 0.313 e. The number of hydrogen-bond acceptors (Lipinski definition) is 2. The first kappa shape index (κ1) is 16.5. The van der Waals surface area contributed by atoms with Gasteiger partial charge in [0.1, 0.15) is 0 Å². The minimum Gasteiger partial charge on any atom is -0.313 e. The minimum absolute atomic E-state index is 0.524. The molecule has 2 atom stereocenters. The highest BCUT2D eigenvalue weighted by molar-refractivity contribution is 5.19. The summed E-state index contributed by atoms with van der Waals surface area (Å²) in [6.07, 6.45) is 2.66. The van der Waals surface area contributed by atoms with Crippen molar-refractivity contribution >= 4 is 0 Å². The molecule has 1 aliphatic heterocycles. The van der Waals surface area contributed by atoms with Crippen LogP contribution in [0.2, 0.25) is 0 Å². The quantitative estimate of drug-likeness (QED) is 0.813. The number of nitrogens with zero attached hydrogens (tertiary/aromatic N) is 1. The Hall–Kier alpha value is -0.860. The third kappa shape index (κ3) is 4.82. The molecule has 2 unspecified atom stereocenters. The lowest BCUT2D eigenvalue weighted by Gasteiger charge is -2.37. The van der Waals surface area contributed by atoms with Crippen molar-refractivity contribution in [2.24, 2.45) is 11.8 Å². The van der Waals surface area contributed by atoms with Crippen molar-refractivity contribution < 1.29 is 0 Å². The Kier molecular flexibility index (Phi) is 6.25. The van der Waals surface area contributed by atoms with Crippen molar-refractivity contribution in [3.05, 3.63) is 35.9 Å². The second kappa shape index (κ2) is 7.95. The van der Waals surface area contributed by atoms with Crippen LogP contribution in [-0.2, 0) is 0 Å². The monoisotopic (exact) mass is 288 g/mol.